The Morgan fingerprint density at radius 1 is 0.385 bits per heavy atom. The molecule has 96 heavy (non-hydrogen) atoms. The molecule has 17 atom stereocenters. The third-order valence-corrected chi connectivity index (χ3v) is 18.2. The molecule has 0 bridgehead atoms. The lowest BCUT2D eigenvalue weighted by Crippen LogP contribution is -2.66. The minimum atomic E-state index is -1.97. The standard InChI is InChI=1S/C77H133NO18/c1-3-5-7-9-11-13-15-17-18-19-20-21-22-23-24-25-26-27-28-29-30-31-32-33-34-35-36-37-38-39-40-41-42-43-45-47-49-51-53-55-65(83)78-60(61(82)54-52-50-48-46-44-16-14-12-10-8-6-4-2)59-91-75-71(89)68(86)73(63(57-80)93-75)96-77-72(90)69(87)74(64(58-81)94-77)95-76-70(88)67(85)66(84)62(56-79)92-76/h5,7,11,13,17-18,20-21,23-24,26-27,29-30,32-33,60-64,66-77,79-82,84-90H,3-4,6,8-10,12,14-16,19,22,25,28,31,34-59H2,1-2H3,(H,78,83)/b7-5-,13-11-,18-17-,21-20-,24-23-,27-26-,30-29-,33-32-. The van der Waals surface area contributed by atoms with Gasteiger partial charge in [0.25, 0.3) is 0 Å². The molecule has 0 spiro atoms. The third kappa shape index (κ3) is 37.9. The van der Waals surface area contributed by atoms with Gasteiger partial charge in [0.15, 0.2) is 18.9 Å². The summed E-state index contributed by atoms with van der Waals surface area (Å²) in [5.41, 5.74) is 0. The number of hydrogen-bond donors (Lipinski definition) is 12. The highest BCUT2D eigenvalue weighted by Crippen LogP contribution is 2.33. The van der Waals surface area contributed by atoms with E-state index in [1.165, 1.54) is 116 Å². The number of rotatable bonds is 57. The van der Waals surface area contributed by atoms with Crippen LogP contribution in [0.3, 0.4) is 0 Å². The summed E-state index contributed by atoms with van der Waals surface area (Å²) in [6.45, 7) is 1.67. The second-order valence-electron chi connectivity index (χ2n) is 26.4. The molecule has 12 N–H and O–H groups in total. The van der Waals surface area contributed by atoms with Crippen molar-refractivity contribution in [2.75, 3.05) is 26.4 Å². The van der Waals surface area contributed by atoms with Gasteiger partial charge in [-0.2, -0.15) is 0 Å². The summed E-state index contributed by atoms with van der Waals surface area (Å²) >= 11 is 0. The molecule has 19 heteroatoms. The molecule has 554 valence electrons. The zero-order chi connectivity index (χ0) is 69.6. The Bertz CT molecular complexity index is 2110. The molecule has 0 aromatic heterocycles. The topological polar surface area (TPSA) is 307 Å². The summed E-state index contributed by atoms with van der Waals surface area (Å²) in [5.74, 6) is -0.247. The fourth-order valence-electron chi connectivity index (χ4n) is 12.2. The van der Waals surface area contributed by atoms with Crippen molar-refractivity contribution in [2.24, 2.45) is 0 Å². The van der Waals surface area contributed by atoms with Gasteiger partial charge in [0.1, 0.15) is 73.2 Å². The van der Waals surface area contributed by atoms with Crippen LogP contribution >= 0.6 is 0 Å². The summed E-state index contributed by atoms with van der Waals surface area (Å²) in [5, 5.41) is 121. The molecule has 0 aromatic rings. The van der Waals surface area contributed by atoms with Gasteiger partial charge in [-0.05, 0) is 77.0 Å². The first-order chi connectivity index (χ1) is 46.8. The molecule has 1 amide bonds. The van der Waals surface area contributed by atoms with Crippen LogP contribution in [0.1, 0.15) is 251 Å². The summed E-state index contributed by atoms with van der Waals surface area (Å²) in [6.07, 6.45) is 49.4. The predicted molar refractivity (Wildman–Crippen MR) is 378 cm³/mol. The monoisotopic (exact) mass is 1360 g/mol. The maximum Gasteiger partial charge on any atom is 0.220 e. The molecule has 0 aromatic carbocycles. The van der Waals surface area contributed by atoms with Crippen molar-refractivity contribution in [1.82, 2.24) is 5.32 Å². The van der Waals surface area contributed by atoms with E-state index in [4.69, 9.17) is 28.4 Å². The first-order valence-electron chi connectivity index (χ1n) is 37.5. The molecule has 3 fully saturated rings. The molecule has 3 rings (SSSR count). The van der Waals surface area contributed by atoms with E-state index in [0.29, 0.717) is 12.8 Å². The van der Waals surface area contributed by atoms with E-state index < -0.39 is 124 Å². The van der Waals surface area contributed by atoms with E-state index in [1.807, 2.05) is 0 Å². The van der Waals surface area contributed by atoms with Crippen molar-refractivity contribution in [3.8, 4) is 0 Å². The lowest BCUT2D eigenvalue weighted by atomic mass is 9.96. The first kappa shape index (κ1) is 86.9. The van der Waals surface area contributed by atoms with Crippen LogP contribution in [-0.2, 0) is 33.2 Å². The molecule has 0 saturated carbocycles. The first-order valence-corrected chi connectivity index (χ1v) is 37.5. The maximum atomic E-state index is 13.4. The van der Waals surface area contributed by atoms with E-state index >= 15 is 0 Å². The molecule has 0 radical (unpaired) electrons. The normalized spacial score (nSPS) is 27.6. The molecular formula is C77H133NO18. The maximum absolute atomic E-state index is 13.4. The molecule has 3 saturated heterocycles. The smallest absolute Gasteiger partial charge is 0.220 e. The second-order valence-corrected chi connectivity index (χ2v) is 26.4. The Hall–Kier alpha value is -3.29. The van der Waals surface area contributed by atoms with Gasteiger partial charge in [-0.3, -0.25) is 4.79 Å². The molecule has 0 aliphatic carbocycles. The van der Waals surface area contributed by atoms with Crippen molar-refractivity contribution in [3.05, 3.63) is 97.2 Å². The minimum Gasteiger partial charge on any atom is -0.394 e. The van der Waals surface area contributed by atoms with E-state index in [1.54, 1.807) is 0 Å². The highest BCUT2D eigenvalue weighted by Gasteiger charge is 2.53. The van der Waals surface area contributed by atoms with E-state index in [2.05, 4.69) is 116 Å². The quantitative estimate of drug-likeness (QED) is 0.0199. The number of hydrogen-bond acceptors (Lipinski definition) is 18. The van der Waals surface area contributed by atoms with Gasteiger partial charge in [0, 0.05) is 6.42 Å². The molecule has 19 nitrogen and oxygen atoms in total. The van der Waals surface area contributed by atoms with Crippen LogP contribution in [0.15, 0.2) is 97.2 Å². The Kier molecular flexibility index (Phi) is 51.9. The van der Waals surface area contributed by atoms with Crippen molar-refractivity contribution < 1.29 is 89.4 Å². The highest BCUT2D eigenvalue weighted by molar-refractivity contribution is 5.76. The SMILES string of the molecule is CC/C=C\C/C=C\C/C=C\C/C=C\C/C=C\C/C=C\C/C=C\C/C=C\CCCCCCCCCCCCCCCCC(=O)NC(COC1OC(CO)C(OC2OC(CO)C(OC3OC(CO)C(O)C(O)C3O)C(O)C2O)C(O)C1O)C(O)CCCCCCCCCCCCCC. The fourth-order valence-corrected chi connectivity index (χ4v) is 12.2. The van der Waals surface area contributed by atoms with E-state index in [-0.39, 0.29) is 18.9 Å². The average molecular weight is 1360 g/mol. The minimum absolute atomic E-state index is 0.247. The predicted octanol–water partition coefficient (Wildman–Crippen LogP) is 11.2. The summed E-state index contributed by atoms with van der Waals surface area (Å²) < 4.78 is 34.4. The molecule has 3 aliphatic heterocycles. The number of amides is 1. The van der Waals surface area contributed by atoms with E-state index in [9.17, 15) is 61.0 Å². The van der Waals surface area contributed by atoms with Gasteiger partial charge in [0.2, 0.25) is 5.91 Å². The molecule has 3 heterocycles. The Morgan fingerprint density at radius 2 is 0.719 bits per heavy atom. The van der Waals surface area contributed by atoms with Gasteiger partial charge in [-0.15, -0.1) is 0 Å². The van der Waals surface area contributed by atoms with Crippen molar-refractivity contribution in [3.63, 3.8) is 0 Å². The zero-order valence-electron chi connectivity index (χ0n) is 58.8. The summed E-state index contributed by atoms with van der Waals surface area (Å²) in [6, 6.07) is -0.891. The number of allylic oxidation sites excluding steroid dienone is 16. The van der Waals surface area contributed by atoms with Crippen molar-refractivity contribution in [1.29, 1.82) is 0 Å². The number of aliphatic hydroxyl groups excluding tert-OH is 11. The zero-order valence-corrected chi connectivity index (χ0v) is 58.8. The fraction of sp³-hybridized carbons (Fsp3) is 0.779. The van der Waals surface area contributed by atoms with Crippen LogP contribution in [0, 0.1) is 0 Å². The highest BCUT2D eigenvalue weighted by atomic mass is 16.8. The molecule has 17 unspecified atom stereocenters. The van der Waals surface area contributed by atoms with Crippen molar-refractivity contribution >= 4 is 5.91 Å². The Labute approximate surface area is 577 Å². The summed E-state index contributed by atoms with van der Waals surface area (Å²) in [4.78, 5) is 13.4. The van der Waals surface area contributed by atoms with Crippen LogP contribution < -0.4 is 5.32 Å². The van der Waals surface area contributed by atoms with Crippen LogP contribution in [0.25, 0.3) is 0 Å². The van der Waals surface area contributed by atoms with Gasteiger partial charge in [-0.1, -0.05) is 265 Å². The number of ether oxygens (including phenoxy) is 6. The Morgan fingerprint density at radius 3 is 1.12 bits per heavy atom. The number of aliphatic hydroxyl groups is 11. The average Bonchev–Trinajstić information content (AvgIpc) is 0.787. The lowest BCUT2D eigenvalue weighted by Gasteiger charge is -2.48. The van der Waals surface area contributed by atoms with Crippen LogP contribution in [-0.4, -0.2) is 193 Å². The lowest BCUT2D eigenvalue weighted by molar-refractivity contribution is -0.379. The third-order valence-electron chi connectivity index (χ3n) is 18.2. The van der Waals surface area contributed by atoms with Gasteiger partial charge in [-0.25, -0.2) is 0 Å². The number of carbonyl (C=O) groups excluding carboxylic acids is 1. The largest absolute Gasteiger partial charge is 0.394 e. The van der Waals surface area contributed by atoms with Gasteiger partial charge in [0.05, 0.1) is 38.6 Å². The van der Waals surface area contributed by atoms with E-state index in [0.717, 1.165) is 103 Å². The molecule has 3 aliphatic rings. The van der Waals surface area contributed by atoms with Gasteiger partial charge >= 0.3 is 0 Å². The van der Waals surface area contributed by atoms with Crippen molar-refractivity contribution in [2.45, 2.75) is 356 Å². The molecular weight excluding hydrogens is 1230 g/mol. The number of unbranched alkanes of at least 4 members (excludes halogenated alkanes) is 25. The second kappa shape index (κ2) is 57.3. The Balaban J connectivity index is 1.30. The van der Waals surface area contributed by atoms with Gasteiger partial charge < -0.3 is 89.9 Å². The number of carbonyl (C=O) groups is 1. The number of nitrogens with one attached hydrogen (secondary N) is 1. The summed E-state index contributed by atoms with van der Waals surface area (Å²) in [7, 11) is 0. The van der Waals surface area contributed by atoms with Crippen LogP contribution in [0.2, 0.25) is 0 Å². The van der Waals surface area contributed by atoms with Crippen LogP contribution in [0.4, 0.5) is 0 Å². The van der Waals surface area contributed by atoms with Crippen LogP contribution in [0.5, 0.6) is 0 Å².